The molecule has 21 heavy (non-hydrogen) atoms. The maximum Gasteiger partial charge on any atom is 0.317 e. The van der Waals surface area contributed by atoms with Crippen molar-refractivity contribution in [3.63, 3.8) is 0 Å². The number of hydrogen-bond donors (Lipinski definition) is 2. The molecule has 1 aliphatic carbocycles. The maximum atomic E-state index is 12.0. The van der Waals surface area contributed by atoms with Gasteiger partial charge in [-0.25, -0.2) is 4.79 Å². The van der Waals surface area contributed by atoms with Crippen molar-refractivity contribution in [2.45, 2.75) is 32.7 Å². The lowest BCUT2D eigenvalue weighted by Crippen LogP contribution is -2.44. The number of ether oxygens (including phenoxy) is 1. The van der Waals surface area contributed by atoms with Gasteiger partial charge in [-0.05, 0) is 49.9 Å². The van der Waals surface area contributed by atoms with E-state index in [2.05, 4.69) is 11.4 Å². The van der Waals surface area contributed by atoms with Crippen molar-refractivity contribution in [1.29, 1.82) is 0 Å². The third-order valence-electron chi connectivity index (χ3n) is 3.43. The number of carbonyl (C=O) groups excluding carboxylic acids is 1. The van der Waals surface area contributed by atoms with Gasteiger partial charge in [-0.3, -0.25) is 0 Å². The lowest BCUT2D eigenvalue weighted by molar-refractivity contribution is 0.171. The van der Waals surface area contributed by atoms with Crippen LogP contribution in [0.3, 0.4) is 0 Å². The number of aliphatic hydroxyl groups is 1. The van der Waals surface area contributed by atoms with Crippen LogP contribution in [0.1, 0.15) is 24.0 Å². The number of benzene rings is 1. The monoisotopic (exact) mass is 292 g/mol. The Hall–Kier alpha value is -1.75. The molecule has 1 aromatic rings. The second-order valence-corrected chi connectivity index (χ2v) is 5.55. The van der Waals surface area contributed by atoms with Crippen LogP contribution in [0, 0.1) is 13.8 Å². The van der Waals surface area contributed by atoms with Crippen LogP contribution in [0.2, 0.25) is 0 Å². The largest absolute Gasteiger partial charge is 0.492 e. The minimum atomic E-state index is -0.115. The Labute approximate surface area is 125 Å². The van der Waals surface area contributed by atoms with Crippen molar-refractivity contribution in [1.82, 2.24) is 10.2 Å². The van der Waals surface area contributed by atoms with Crippen LogP contribution in [-0.2, 0) is 0 Å². The second kappa shape index (κ2) is 7.31. The van der Waals surface area contributed by atoms with Crippen molar-refractivity contribution >= 4 is 6.03 Å². The van der Waals surface area contributed by atoms with E-state index in [0.29, 0.717) is 25.7 Å². The predicted molar refractivity (Wildman–Crippen MR) is 81.6 cm³/mol. The summed E-state index contributed by atoms with van der Waals surface area (Å²) in [4.78, 5) is 13.7. The van der Waals surface area contributed by atoms with Gasteiger partial charge in [0.25, 0.3) is 0 Å². The summed E-state index contributed by atoms with van der Waals surface area (Å²) >= 11 is 0. The maximum absolute atomic E-state index is 12.0. The lowest BCUT2D eigenvalue weighted by atomic mass is 10.1. The zero-order valence-electron chi connectivity index (χ0n) is 12.8. The topological polar surface area (TPSA) is 61.8 Å². The van der Waals surface area contributed by atoms with Crippen molar-refractivity contribution < 1.29 is 14.6 Å². The van der Waals surface area contributed by atoms with E-state index in [1.807, 2.05) is 26.0 Å². The molecule has 1 fully saturated rings. The SMILES string of the molecule is Cc1cc(C)cc(OCCNC(=O)N(CCO)C2CC2)c1. The molecule has 2 amide bonds. The minimum absolute atomic E-state index is 0.00297. The van der Waals surface area contributed by atoms with Crippen LogP contribution >= 0.6 is 0 Å². The second-order valence-electron chi connectivity index (χ2n) is 5.55. The first kappa shape index (κ1) is 15.6. The van der Waals surface area contributed by atoms with Crippen molar-refractivity contribution in [3.8, 4) is 5.75 Å². The molecule has 2 rings (SSSR count). The number of urea groups is 1. The van der Waals surface area contributed by atoms with E-state index in [0.717, 1.165) is 29.7 Å². The van der Waals surface area contributed by atoms with Crippen molar-refractivity contribution in [2.24, 2.45) is 0 Å². The molecule has 0 heterocycles. The molecule has 0 atom stereocenters. The summed E-state index contributed by atoms with van der Waals surface area (Å²) < 4.78 is 5.65. The number of rotatable bonds is 7. The molecule has 5 nitrogen and oxygen atoms in total. The van der Waals surface area contributed by atoms with E-state index in [1.165, 1.54) is 0 Å². The molecule has 2 N–H and O–H groups in total. The zero-order chi connectivity index (χ0) is 15.2. The van der Waals surface area contributed by atoms with Gasteiger partial charge in [0.1, 0.15) is 12.4 Å². The molecule has 0 unspecified atom stereocenters. The first-order valence-electron chi connectivity index (χ1n) is 7.46. The molecular formula is C16H24N2O3. The van der Waals surface area contributed by atoms with Gasteiger partial charge in [-0.2, -0.15) is 0 Å². The van der Waals surface area contributed by atoms with Crippen molar-refractivity contribution in [2.75, 3.05) is 26.3 Å². The highest BCUT2D eigenvalue weighted by molar-refractivity contribution is 5.74. The van der Waals surface area contributed by atoms with Gasteiger partial charge in [0.05, 0.1) is 13.2 Å². The molecule has 0 radical (unpaired) electrons. The van der Waals surface area contributed by atoms with Crippen LogP contribution in [-0.4, -0.2) is 48.4 Å². The summed E-state index contributed by atoms with van der Waals surface area (Å²) in [5.74, 6) is 0.830. The van der Waals surface area contributed by atoms with Gasteiger partial charge in [0.15, 0.2) is 0 Å². The highest BCUT2D eigenvalue weighted by atomic mass is 16.5. The molecule has 5 heteroatoms. The van der Waals surface area contributed by atoms with Gasteiger partial charge in [0.2, 0.25) is 0 Å². The van der Waals surface area contributed by atoms with Crippen LogP contribution in [0.15, 0.2) is 18.2 Å². The standard InChI is InChI=1S/C16H24N2O3/c1-12-9-13(2)11-15(10-12)21-8-5-17-16(20)18(6-7-19)14-3-4-14/h9-11,14,19H,3-8H2,1-2H3,(H,17,20). The van der Waals surface area contributed by atoms with Crippen LogP contribution in [0.4, 0.5) is 4.79 Å². The smallest absolute Gasteiger partial charge is 0.317 e. The highest BCUT2D eigenvalue weighted by Crippen LogP contribution is 2.26. The Bertz CT molecular complexity index is 466. The number of amides is 2. The quantitative estimate of drug-likeness (QED) is 0.754. The van der Waals surface area contributed by atoms with E-state index in [1.54, 1.807) is 4.90 Å². The summed E-state index contributed by atoms with van der Waals surface area (Å²) in [6.07, 6.45) is 2.07. The van der Waals surface area contributed by atoms with Gasteiger partial charge in [-0.15, -0.1) is 0 Å². The van der Waals surface area contributed by atoms with E-state index < -0.39 is 0 Å². The number of aliphatic hydroxyl groups excluding tert-OH is 1. The Morgan fingerprint density at radius 2 is 2.00 bits per heavy atom. The molecule has 116 valence electrons. The number of carbonyl (C=O) groups is 1. The number of nitrogens with one attached hydrogen (secondary N) is 1. The van der Waals surface area contributed by atoms with Gasteiger partial charge >= 0.3 is 6.03 Å². The van der Waals surface area contributed by atoms with Crippen molar-refractivity contribution in [3.05, 3.63) is 29.3 Å². The Kier molecular flexibility index (Phi) is 5.44. The third-order valence-corrected chi connectivity index (χ3v) is 3.43. The molecule has 0 aromatic heterocycles. The predicted octanol–water partition coefficient (Wildman–Crippen LogP) is 1.85. The van der Waals surface area contributed by atoms with E-state index >= 15 is 0 Å². The summed E-state index contributed by atoms with van der Waals surface area (Å²) in [6, 6.07) is 6.25. The minimum Gasteiger partial charge on any atom is -0.492 e. The molecule has 0 spiro atoms. The Morgan fingerprint density at radius 1 is 1.33 bits per heavy atom. The third kappa shape index (κ3) is 4.93. The van der Waals surface area contributed by atoms with Gasteiger partial charge in [-0.1, -0.05) is 6.07 Å². The van der Waals surface area contributed by atoms with E-state index in [4.69, 9.17) is 9.84 Å². The molecule has 1 aliphatic rings. The zero-order valence-corrected chi connectivity index (χ0v) is 12.8. The molecule has 1 aromatic carbocycles. The fourth-order valence-electron chi connectivity index (χ4n) is 2.39. The molecular weight excluding hydrogens is 268 g/mol. The van der Waals surface area contributed by atoms with E-state index in [9.17, 15) is 4.79 Å². The number of aryl methyl sites for hydroxylation is 2. The van der Waals surface area contributed by atoms with Gasteiger partial charge in [0, 0.05) is 12.6 Å². The molecule has 0 bridgehead atoms. The average molecular weight is 292 g/mol. The summed E-state index contributed by atoms with van der Waals surface area (Å²) in [7, 11) is 0. The normalized spacial score (nSPS) is 13.9. The Balaban J connectivity index is 1.72. The number of hydrogen-bond acceptors (Lipinski definition) is 3. The molecule has 0 aliphatic heterocycles. The van der Waals surface area contributed by atoms with Crippen LogP contribution < -0.4 is 10.1 Å². The summed E-state index contributed by atoms with van der Waals surface area (Å²) in [6.45, 7) is 5.36. The average Bonchev–Trinajstić information content (AvgIpc) is 3.24. The Morgan fingerprint density at radius 3 is 2.57 bits per heavy atom. The highest BCUT2D eigenvalue weighted by Gasteiger charge is 2.31. The molecule has 0 saturated heterocycles. The van der Waals surface area contributed by atoms with Gasteiger partial charge < -0.3 is 20.1 Å². The summed E-state index contributed by atoms with van der Waals surface area (Å²) in [5, 5.41) is 11.8. The number of nitrogens with zero attached hydrogens (tertiary/aromatic N) is 1. The first-order valence-corrected chi connectivity index (χ1v) is 7.46. The van der Waals surface area contributed by atoms with Crippen LogP contribution in [0.25, 0.3) is 0 Å². The lowest BCUT2D eigenvalue weighted by Gasteiger charge is -2.21. The van der Waals surface area contributed by atoms with E-state index in [-0.39, 0.29) is 12.6 Å². The first-order chi connectivity index (χ1) is 10.1. The van der Waals surface area contributed by atoms with Crippen LogP contribution in [0.5, 0.6) is 5.75 Å². The fraction of sp³-hybridized carbons (Fsp3) is 0.562. The molecule has 1 saturated carbocycles. The summed E-state index contributed by atoms with van der Waals surface area (Å²) in [5.41, 5.74) is 2.33. The fourth-order valence-corrected chi connectivity index (χ4v) is 2.39.